The van der Waals surface area contributed by atoms with E-state index in [2.05, 4.69) is 15.8 Å². The van der Waals surface area contributed by atoms with Crippen molar-refractivity contribution in [2.45, 2.75) is 0 Å². The van der Waals surface area contributed by atoms with E-state index in [4.69, 9.17) is 4.74 Å². The van der Waals surface area contributed by atoms with E-state index in [1.165, 1.54) is 25.1 Å². The van der Waals surface area contributed by atoms with Crippen molar-refractivity contribution in [3.05, 3.63) is 54.1 Å². The van der Waals surface area contributed by atoms with Crippen molar-refractivity contribution in [3.63, 3.8) is 0 Å². The molecule has 0 aromatic heterocycles. The highest BCUT2D eigenvalue weighted by molar-refractivity contribution is 8.00. The highest BCUT2D eigenvalue weighted by atomic mass is 32.2. The first-order valence-electron chi connectivity index (χ1n) is 7.70. The van der Waals surface area contributed by atoms with E-state index in [0.29, 0.717) is 17.0 Å². The van der Waals surface area contributed by atoms with E-state index in [0.717, 1.165) is 0 Å². The lowest BCUT2D eigenvalue weighted by Gasteiger charge is -2.05. The molecule has 0 fully saturated rings. The van der Waals surface area contributed by atoms with Gasteiger partial charge in [0.05, 0.1) is 24.8 Å². The van der Waals surface area contributed by atoms with Crippen LogP contribution in [-0.2, 0) is 9.59 Å². The van der Waals surface area contributed by atoms with Gasteiger partial charge in [-0.15, -0.1) is 11.8 Å². The summed E-state index contributed by atoms with van der Waals surface area (Å²) in [5.41, 5.74) is 3.47. The highest BCUT2D eigenvalue weighted by Crippen LogP contribution is 2.27. The predicted molar refractivity (Wildman–Crippen MR) is 103 cm³/mol. The topological polar surface area (TPSA) is 100 Å². The quantitative estimate of drug-likeness (QED) is 0.487. The Kier molecular flexibility index (Phi) is 7.50. The number of anilines is 1. The first kappa shape index (κ1) is 19.3. The number of carbonyl (C=O) groups excluding carboxylic acids is 2. The number of nitrogens with zero attached hydrogens (tertiary/aromatic N) is 1. The molecule has 7 nitrogen and oxygen atoms in total. The second-order valence-electron chi connectivity index (χ2n) is 5.10. The number of carbonyl (C=O) groups is 2. The summed E-state index contributed by atoms with van der Waals surface area (Å²) >= 11 is 1.18. The molecule has 0 saturated carbocycles. The first-order chi connectivity index (χ1) is 12.6. The molecule has 0 aliphatic rings. The fraction of sp³-hybridized carbons (Fsp3) is 0.167. The van der Waals surface area contributed by atoms with Crippen molar-refractivity contribution in [1.29, 1.82) is 0 Å². The average molecular weight is 373 g/mol. The molecule has 0 unspecified atom stereocenters. The number of hydrazone groups is 1. The fourth-order valence-corrected chi connectivity index (χ4v) is 2.58. The molecule has 2 aromatic rings. The van der Waals surface area contributed by atoms with Crippen LogP contribution in [0, 0.1) is 0 Å². The van der Waals surface area contributed by atoms with Crippen LogP contribution in [0.2, 0.25) is 0 Å². The molecule has 0 bridgehead atoms. The van der Waals surface area contributed by atoms with Crippen molar-refractivity contribution in [1.82, 2.24) is 5.43 Å². The van der Waals surface area contributed by atoms with E-state index >= 15 is 0 Å². The van der Waals surface area contributed by atoms with Gasteiger partial charge in [-0.25, -0.2) is 5.43 Å². The number of benzene rings is 2. The van der Waals surface area contributed by atoms with Crippen LogP contribution in [0.15, 0.2) is 53.6 Å². The van der Waals surface area contributed by atoms with E-state index in [9.17, 15) is 14.7 Å². The van der Waals surface area contributed by atoms with E-state index < -0.39 is 0 Å². The van der Waals surface area contributed by atoms with Gasteiger partial charge in [0, 0.05) is 11.3 Å². The molecule has 3 N–H and O–H groups in total. The number of phenolic OH excluding ortho intramolecular Hbond substituents is 1. The molecule has 0 aliphatic heterocycles. The van der Waals surface area contributed by atoms with Crippen molar-refractivity contribution < 1.29 is 19.4 Å². The molecule has 0 heterocycles. The maximum absolute atomic E-state index is 11.8. The second-order valence-corrected chi connectivity index (χ2v) is 6.08. The molecule has 2 amide bonds. The lowest BCUT2D eigenvalue weighted by molar-refractivity contribution is -0.118. The number of methoxy groups -OCH3 is 1. The van der Waals surface area contributed by atoms with Gasteiger partial charge in [-0.1, -0.05) is 24.3 Å². The lowest BCUT2D eigenvalue weighted by Crippen LogP contribution is -2.21. The van der Waals surface area contributed by atoms with Crippen LogP contribution in [0.4, 0.5) is 5.69 Å². The average Bonchev–Trinajstić information content (AvgIpc) is 2.64. The monoisotopic (exact) mass is 373 g/mol. The van der Waals surface area contributed by atoms with Crippen molar-refractivity contribution in [3.8, 4) is 11.5 Å². The Hall–Kier alpha value is -3.00. The van der Waals surface area contributed by atoms with Crippen molar-refractivity contribution >= 4 is 35.5 Å². The second kappa shape index (κ2) is 10.1. The third-order valence-corrected chi connectivity index (χ3v) is 4.10. The summed E-state index contributed by atoms with van der Waals surface area (Å²) in [6, 6.07) is 14.0. The Labute approximate surface area is 155 Å². The number of hydrogen-bond donors (Lipinski definition) is 3. The SMILES string of the molecule is COc1cccc(C=NNC(=O)CSCC(=O)Nc2ccccc2)c1O. The summed E-state index contributed by atoms with van der Waals surface area (Å²) in [4.78, 5) is 23.5. The van der Waals surface area contributed by atoms with Crippen molar-refractivity contribution in [2.24, 2.45) is 5.10 Å². The van der Waals surface area contributed by atoms with Crippen LogP contribution >= 0.6 is 11.8 Å². The summed E-state index contributed by atoms with van der Waals surface area (Å²) in [5.74, 6) is -0.0213. The highest BCUT2D eigenvalue weighted by Gasteiger charge is 2.07. The van der Waals surface area contributed by atoms with E-state index in [1.807, 2.05) is 18.2 Å². The number of amides is 2. The van der Waals surface area contributed by atoms with Crippen LogP contribution in [0.3, 0.4) is 0 Å². The third-order valence-electron chi connectivity index (χ3n) is 3.17. The molecule has 0 radical (unpaired) electrons. The van der Waals surface area contributed by atoms with Crippen molar-refractivity contribution in [2.75, 3.05) is 23.9 Å². The molecule has 0 atom stereocenters. The van der Waals surface area contributed by atoms with Crippen LogP contribution in [0.25, 0.3) is 0 Å². The first-order valence-corrected chi connectivity index (χ1v) is 8.86. The van der Waals surface area contributed by atoms with E-state index in [-0.39, 0.29) is 29.1 Å². The summed E-state index contributed by atoms with van der Waals surface area (Å²) in [6.45, 7) is 0. The molecule has 0 aliphatic carbocycles. The minimum atomic E-state index is -0.346. The zero-order valence-corrected chi connectivity index (χ0v) is 15.0. The van der Waals surface area contributed by atoms with Gasteiger partial charge in [-0.05, 0) is 24.3 Å². The largest absolute Gasteiger partial charge is 0.504 e. The van der Waals surface area contributed by atoms with Gasteiger partial charge in [0.25, 0.3) is 0 Å². The molecule has 0 spiro atoms. The lowest BCUT2D eigenvalue weighted by atomic mass is 10.2. The van der Waals surface area contributed by atoms with Crippen LogP contribution < -0.4 is 15.5 Å². The number of hydrogen-bond acceptors (Lipinski definition) is 6. The number of ether oxygens (including phenoxy) is 1. The molecule has 136 valence electrons. The van der Waals surface area contributed by atoms with E-state index in [1.54, 1.807) is 30.3 Å². The van der Waals surface area contributed by atoms with Gasteiger partial charge in [0.2, 0.25) is 11.8 Å². The summed E-state index contributed by atoms with van der Waals surface area (Å²) in [5, 5.41) is 16.4. The van der Waals surface area contributed by atoms with Gasteiger partial charge in [0.1, 0.15) is 0 Å². The Morgan fingerprint density at radius 2 is 1.85 bits per heavy atom. The molecular formula is C18H19N3O4S. The van der Waals surface area contributed by atoms with Crippen LogP contribution in [0.5, 0.6) is 11.5 Å². The molecule has 2 aromatic carbocycles. The predicted octanol–water partition coefficient (Wildman–Crippen LogP) is 2.22. The number of aromatic hydroxyl groups is 1. The molecular weight excluding hydrogens is 354 g/mol. The number of phenols is 1. The smallest absolute Gasteiger partial charge is 0.250 e. The maximum atomic E-state index is 11.8. The minimum Gasteiger partial charge on any atom is -0.504 e. The zero-order valence-electron chi connectivity index (χ0n) is 14.1. The number of para-hydroxylation sites is 2. The standard InChI is InChI=1S/C18H19N3O4S/c1-25-15-9-5-6-13(18(15)24)10-19-21-17(23)12-26-11-16(22)20-14-7-3-2-4-8-14/h2-10,24H,11-12H2,1H3,(H,20,22)(H,21,23). The Balaban J connectivity index is 1.71. The third kappa shape index (κ3) is 6.14. The normalized spacial score (nSPS) is 10.5. The summed E-state index contributed by atoms with van der Waals surface area (Å²) in [6.07, 6.45) is 1.32. The number of thioether (sulfide) groups is 1. The minimum absolute atomic E-state index is 0.0556. The number of nitrogens with one attached hydrogen (secondary N) is 2. The molecule has 26 heavy (non-hydrogen) atoms. The van der Waals surface area contributed by atoms with Crippen LogP contribution in [-0.4, -0.2) is 41.8 Å². The van der Waals surface area contributed by atoms with Gasteiger partial charge in [-0.2, -0.15) is 5.10 Å². The molecule has 8 heteroatoms. The molecule has 0 saturated heterocycles. The Bertz CT molecular complexity index is 781. The maximum Gasteiger partial charge on any atom is 0.250 e. The number of rotatable bonds is 8. The van der Waals surface area contributed by atoms with Gasteiger partial charge in [0.15, 0.2) is 11.5 Å². The van der Waals surface area contributed by atoms with Gasteiger partial charge >= 0.3 is 0 Å². The Morgan fingerprint density at radius 1 is 1.12 bits per heavy atom. The van der Waals surface area contributed by atoms with Crippen LogP contribution in [0.1, 0.15) is 5.56 Å². The van der Waals surface area contributed by atoms with Gasteiger partial charge < -0.3 is 15.2 Å². The zero-order chi connectivity index (χ0) is 18.8. The summed E-state index contributed by atoms with van der Waals surface area (Å²) < 4.78 is 4.99. The Morgan fingerprint density at radius 3 is 2.58 bits per heavy atom. The summed E-state index contributed by atoms with van der Waals surface area (Å²) in [7, 11) is 1.45. The fourth-order valence-electron chi connectivity index (χ4n) is 1.97. The van der Waals surface area contributed by atoms with Gasteiger partial charge in [-0.3, -0.25) is 9.59 Å². The molecule has 2 rings (SSSR count).